The molecule has 1 aromatic heterocycles. The Bertz CT molecular complexity index is 673. The zero-order valence-electron chi connectivity index (χ0n) is 13.7. The van der Waals surface area contributed by atoms with Gasteiger partial charge in [0, 0.05) is 12.1 Å². The molecule has 0 saturated carbocycles. The largest absolute Gasteiger partial charge is 0.431 e. The average molecular weight is 313 g/mol. The number of amides is 1. The Labute approximate surface area is 136 Å². The van der Waals surface area contributed by atoms with E-state index in [-0.39, 0.29) is 11.3 Å². The van der Waals surface area contributed by atoms with E-state index < -0.39 is 0 Å². The van der Waals surface area contributed by atoms with E-state index in [0.29, 0.717) is 23.9 Å². The zero-order chi connectivity index (χ0) is 16.3. The van der Waals surface area contributed by atoms with Gasteiger partial charge < -0.3 is 15.1 Å². The van der Waals surface area contributed by atoms with Crippen molar-refractivity contribution in [2.75, 3.05) is 19.6 Å². The van der Waals surface area contributed by atoms with Gasteiger partial charge in [0.2, 0.25) is 11.7 Å². The molecule has 122 valence electrons. The third kappa shape index (κ3) is 3.62. The van der Waals surface area contributed by atoms with Crippen molar-refractivity contribution in [3.63, 3.8) is 0 Å². The molecule has 0 bridgehead atoms. The van der Waals surface area contributed by atoms with Gasteiger partial charge in [-0.25, -0.2) is 4.98 Å². The molecule has 0 spiro atoms. The van der Waals surface area contributed by atoms with E-state index in [4.69, 9.17) is 4.42 Å². The van der Waals surface area contributed by atoms with Gasteiger partial charge >= 0.3 is 0 Å². The number of aryl methyl sites for hydroxylation is 1. The SMILES string of the molecule is Cc1nc(-c2ccccc2)oc1C(=O)NCC1(C)CCNCC1. The molecule has 1 aliphatic heterocycles. The number of oxazole rings is 1. The van der Waals surface area contributed by atoms with Crippen LogP contribution in [0.5, 0.6) is 0 Å². The molecule has 5 nitrogen and oxygen atoms in total. The quantitative estimate of drug-likeness (QED) is 0.911. The molecule has 0 atom stereocenters. The molecular formula is C18H23N3O2. The maximum absolute atomic E-state index is 12.4. The van der Waals surface area contributed by atoms with Crippen molar-refractivity contribution in [3.8, 4) is 11.5 Å². The number of nitrogens with one attached hydrogen (secondary N) is 2. The van der Waals surface area contributed by atoms with Gasteiger partial charge in [-0.2, -0.15) is 0 Å². The number of hydrogen-bond acceptors (Lipinski definition) is 4. The Morgan fingerprint density at radius 1 is 1.30 bits per heavy atom. The molecule has 1 amide bonds. The molecule has 0 unspecified atom stereocenters. The summed E-state index contributed by atoms with van der Waals surface area (Å²) in [5.41, 5.74) is 1.65. The van der Waals surface area contributed by atoms with Crippen molar-refractivity contribution < 1.29 is 9.21 Å². The predicted molar refractivity (Wildman–Crippen MR) is 89.2 cm³/mol. The highest BCUT2D eigenvalue weighted by atomic mass is 16.4. The maximum atomic E-state index is 12.4. The van der Waals surface area contributed by atoms with Crippen LogP contribution < -0.4 is 10.6 Å². The molecule has 1 saturated heterocycles. The molecule has 23 heavy (non-hydrogen) atoms. The topological polar surface area (TPSA) is 67.2 Å². The summed E-state index contributed by atoms with van der Waals surface area (Å²) in [5.74, 6) is 0.611. The summed E-state index contributed by atoms with van der Waals surface area (Å²) in [6.45, 7) is 6.69. The lowest BCUT2D eigenvalue weighted by Gasteiger charge is -2.34. The Hall–Kier alpha value is -2.14. The van der Waals surface area contributed by atoms with Crippen LogP contribution >= 0.6 is 0 Å². The molecule has 2 N–H and O–H groups in total. The lowest BCUT2D eigenvalue weighted by Crippen LogP contribution is -2.42. The van der Waals surface area contributed by atoms with Crippen molar-refractivity contribution >= 4 is 5.91 Å². The van der Waals surface area contributed by atoms with E-state index in [0.717, 1.165) is 31.5 Å². The molecule has 0 aliphatic carbocycles. The van der Waals surface area contributed by atoms with Gasteiger partial charge in [-0.15, -0.1) is 0 Å². The monoisotopic (exact) mass is 313 g/mol. The molecule has 2 heterocycles. The Morgan fingerprint density at radius 3 is 2.70 bits per heavy atom. The second-order valence-electron chi connectivity index (χ2n) is 6.54. The molecule has 0 radical (unpaired) electrons. The van der Waals surface area contributed by atoms with Crippen molar-refractivity contribution in [2.45, 2.75) is 26.7 Å². The molecule has 1 aliphatic rings. The third-order valence-electron chi connectivity index (χ3n) is 4.51. The second-order valence-corrected chi connectivity index (χ2v) is 6.54. The number of piperidine rings is 1. The highest BCUT2D eigenvalue weighted by Gasteiger charge is 2.28. The van der Waals surface area contributed by atoms with Crippen LogP contribution in [0.4, 0.5) is 0 Å². The summed E-state index contributed by atoms with van der Waals surface area (Å²) in [4.78, 5) is 16.8. The van der Waals surface area contributed by atoms with E-state index in [2.05, 4.69) is 22.5 Å². The van der Waals surface area contributed by atoms with E-state index in [1.54, 1.807) is 6.92 Å². The van der Waals surface area contributed by atoms with Gasteiger partial charge in [0.25, 0.3) is 5.91 Å². The summed E-state index contributed by atoms with van der Waals surface area (Å²) < 4.78 is 5.70. The Morgan fingerprint density at radius 2 is 2.00 bits per heavy atom. The number of carbonyl (C=O) groups excluding carboxylic acids is 1. The van der Waals surface area contributed by atoms with Gasteiger partial charge in [-0.05, 0) is 50.4 Å². The third-order valence-corrected chi connectivity index (χ3v) is 4.51. The first-order chi connectivity index (χ1) is 11.1. The fourth-order valence-electron chi connectivity index (χ4n) is 2.89. The average Bonchev–Trinajstić information content (AvgIpc) is 2.96. The van der Waals surface area contributed by atoms with Gasteiger partial charge in [0.15, 0.2) is 0 Å². The number of aromatic nitrogens is 1. The van der Waals surface area contributed by atoms with Crippen molar-refractivity contribution in [1.82, 2.24) is 15.6 Å². The number of rotatable bonds is 4. The van der Waals surface area contributed by atoms with E-state index in [1.165, 1.54) is 0 Å². The van der Waals surface area contributed by atoms with Crippen LogP contribution in [0, 0.1) is 12.3 Å². The number of nitrogens with zero attached hydrogens (tertiary/aromatic N) is 1. The summed E-state index contributed by atoms with van der Waals surface area (Å²) in [5, 5.41) is 6.36. The molecular weight excluding hydrogens is 290 g/mol. The molecule has 3 rings (SSSR count). The number of benzene rings is 1. The van der Waals surface area contributed by atoms with Gasteiger partial charge in [-0.3, -0.25) is 4.79 Å². The van der Waals surface area contributed by atoms with E-state index in [1.807, 2.05) is 30.3 Å². The van der Waals surface area contributed by atoms with Gasteiger partial charge in [0.1, 0.15) is 0 Å². The smallest absolute Gasteiger partial charge is 0.289 e. The van der Waals surface area contributed by atoms with Gasteiger partial charge in [-0.1, -0.05) is 25.1 Å². The highest BCUT2D eigenvalue weighted by Crippen LogP contribution is 2.27. The Balaban J connectivity index is 1.69. The standard InChI is InChI=1S/C18H23N3O2/c1-13-15(23-17(21-13)14-6-4-3-5-7-14)16(22)20-12-18(2)8-10-19-11-9-18/h3-7,19H,8-12H2,1-2H3,(H,20,22). The van der Waals surface area contributed by atoms with Crippen molar-refractivity contribution in [1.29, 1.82) is 0 Å². The fourth-order valence-corrected chi connectivity index (χ4v) is 2.89. The van der Waals surface area contributed by atoms with Crippen LogP contribution in [0.1, 0.15) is 36.0 Å². The minimum atomic E-state index is -0.183. The minimum Gasteiger partial charge on any atom is -0.431 e. The van der Waals surface area contributed by atoms with Crippen LogP contribution in [0.3, 0.4) is 0 Å². The number of carbonyl (C=O) groups is 1. The first-order valence-corrected chi connectivity index (χ1v) is 8.09. The second kappa shape index (κ2) is 6.54. The molecule has 1 fully saturated rings. The van der Waals surface area contributed by atoms with Crippen molar-refractivity contribution in [2.24, 2.45) is 5.41 Å². The maximum Gasteiger partial charge on any atom is 0.289 e. The number of hydrogen-bond donors (Lipinski definition) is 2. The van der Waals surface area contributed by atoms with E-state index in [9.17, 15) is 4.79 Å². The van der Waals surface area contributed by atoms with Crippen LogP contribution in [0.15, 0.2) is 34.7 Å². The van der Waals surface area contributed by atoms with Crippen LogP contribution in [-0.2, 0) is 0 Å². The van der Waals surface area contributed by atoms with Crippen LogP contribution in [-0.4, -0.2) is 30.5 Å². The van der Waals surface area contributed by atoms with Crippen molar-refractivity contribution in [3.05, 3.63) is 41.8 Å². The zero-order valence-corrected chi connectivity index (χ0v) is 13.7. The molecule has 1 aromatic carbocycles. The highest BCUT2D eigenvalue weighted by molar-refractivity contribution is 5.92. The van der Waals surface area contributed by atoms with E-state index >= 15 is 0 Å². The summed E-state index contributed by atoms with van der Waals surface area (Å²) in [6.07, 6.45) is 2.13. The van der Waals surface area contributed by atoms with Crippen LogP contribution in [0.2, 0.25) is 0 Å². The van der Waals surface area contributed by atoms with Gasteiger partial charge in [0.05, 0.1) is 5.69 Å². The minimum absolute atomic E-state index is 0.150. The lowest BCUT2D eigenvalue weighted by atomic mass is 9.81. The predicted octanol–water partition coefficient (Wildman–Crippen LogP) is 2.77. The Kier molecular flexibility index (Phi) is 4.48. The normalized spacial score (nSPS) is 17.0. The molecule has 2 aromatic rings. The first-order valence-electron chi connectivity index (χ1n) is 8.09. The summed E-state index contributed by atoms with van der Waals surface area (Å²) in [7, 11) is 0. The summed E-state index contributed by atoms with van der Waals surface area (Å²) in [6, 6.07) is 9.62. The first kappa shape index (κ1) is 15.7. The summed E-state index contributed by atoms with van der Waals surface area (Å²) >= 11 is 0. The fraction of sp³-hybridized carbons (Fsp3) is 0.444. The molecule has 5 heteroatoms. The lowest BCUT2D eigenvalue weighted by molar-refractivity contribution is 0.0894. The van der Waals surface area contributed by atoms with Crippen LogP contribution in [0.25, 0.3) is 11.5 Å².